The molecule has 2 amide bonds. The lowest BCUT2D eigenvalue weighted by Crippen LogP contribution is -2.39. The summed E-state index contributed by atoms with van der Waals surface area (Å²) in [6.45, 7) is 2.11. The third kappa shape index (κ3) is 3.49. The number of pyridine rings is 1. The number of fused-ring (bicyclic) bond motifs is 1. The first-order valence-corrected chi connectivity index (χ1v) is 9.68. The number of imidazole rings is 1. The third-order valence-electron chi connectivity index (χ3n) is 4.86. The highest BCUT2D eigenvalue weighted by atomic mass is 16.2. The second-order valence-electron chi connectivity index (χ2n) is 7.21. The number of primary amides is 1. The van der Waals surface area contributed by atoms with Gasteiger partial charge in [-0.25, -0.2) is 9.78 Å². The Hall–Kier alpha value is -3.76. The van der Waals surface area contributed by atoms with Crippen LogP contribution in [0.25, 0.3) is 22.6 Å². The molecule has 0 unspecified atom stereocenters. The number of H-pyrrole nitrogens is 1. The second-order valence-corrected chi connectivity index (χ2v) is 7.21. The number of hydrogen-bond donors (Lipinski definition) is 3. The molecule has 0 aromatic carbocycles. The Bertz CT molecular complexity index is 1250. The molecular formula is C19H21N7O4. The topological polar surface area (TPSA) is 158 Å². The number of hydrogen-bond acceptors (Lipinski definition) is 6. The van der Waals surface area contributed by atoms with Gasteiger partial charge in [-0.2, -0.15) is 0 Å². The monoisotopic (exact) mass is 411 g/mol. The van der Waals surface area contributed by atoms with Crippen molar-refractivity contribution in [2.24, 2.45) is 5.73 Å². The van der Waals surface area contributed by atoms with Crippen LogP contribution in [-0.4, -0.2) is 42.4 Å². The van der Waals surface area contributed by atoms with Crippen molar-refractivity contribution in [2.45, 2.75) is 38.8 Å². The van der Waals surface area contributed by atoms with Gasteiger partial charge in [-0.15, -0.1) is 0 Å². The van der Waals surface area contributed by atoms with Gasteiger partial charge in [-0.05, 0) is 31.4 Å². The minimum absolute atomic E-state index is 0.0517. The number of aromatic amines is 1. The highest BCUT2D eigenvalue weighted by molar-refractivity contribution is 5.94. The van der Waals surface area contributed by atoms with Crippen LogP contribution >= 0.6 is 0 Å². The molecule has 4 rings (SSSR count). The van der Waals surface area contributed by atoms with Crippen molar-refractivity contribution in [3.63, 3.8) is 0 Å². The molecule has 156 valence electrons. The lowest BCUT2D eigenvalue weighted by atomic mass is 10.2. The number of carbonyl (C=O) groups excluding carboxylic acids is 2. The van der Waals surface area contributed by atoms with Crippen LogP contribution in [0.5, 0.6) is 0 Å². The first-order chi connectivity index (χ1) is 14.4. The zero-order chi connectivity index (χ0) is 21.4. The average Bonchev–Trinajstić information content (AvgIpc) is 3.46. The number of nitrogens with zero attached hydrogens (tertiary/aromatic N) is 4. The van der Waals surface area contributed by atoms with E-state index in [9.17, 15) is 19.2 Å². The Kier molecular flexibility index (Phi) is 4.94. The molecule has 0 spiro atoms. The van der Waals surface area contributed by atoms with E-state index in [2.05, 4.69) is 20.3 Å². The van der Waals surface area contributed by atoms with Crippen molar-refractivity contribution in [3.8, 4) is 11.4 Å². The fourth-order valence-electron chi connectivity index (χ4n) is 3.28. The number of nitrogens with two attached hydrogens (primary N) is 1. The molecule has 0 radical (unpaired) electrons. The summed E-state index contributed by atoms with van der Waals surface area (Å²) in [4.78, 5) is 60.0. The van der Waals surface area contributed by atoms with E-state index in [0.717, 1.165) is 19.3 Å². The van der Waals surface area contributed by atoms with Gasteiger partial charge in [0.15, 0.2) is 5.65 Å². The van der Waals surface area contributed by atoms with Gasteiger partial charge in [0.1, 0.15) is 17.0 Å². The van der Waals surface area contributed by atoms with Gasteiger partial charge in [-0.1, -0.05) is 6.92 Å². The molecule has 0 saturated heterocycles. The van der Waals surface area contributed by atoms with E-state index >= 15 is 0 Å². The van der Waals surface area contributed by atoms with Gasteiger partial charge in [0.05, 0.1) is 6.54 Å². The standard InChI is InChI=1S/C19H21N7O4/c1-2-7-25-16-14(18(29)26(19(25)30)11-4-5-11)23-15(24-16)10-3-6-12(21-8-10)17(28)22-9-13(20)27/h3,6,8,11H,2,4-5,7,9H2,1H3,(H2,20,27)(H,22,28)(H,23,24). The number of amides is 2. The number of carbonyl (C=O) groups is 2. The van der Waals surface area contributed by atoms with E-state index in [1.807, 2.05) is 6.92 Å². The summed E-state index contributed by atoms with van der Waals surface area (Å²) in [7, 11) is 0. The fourth-order valence-corrected chi connectivity index (χ4v) is 3.28. The van der Waals surface area contributed by atoms with E-state index in [0.29, 0.717) is 23.6 Å². The van der Waals surface area contributed by atoms with Crippen molar-refractivity contribution in [1.82, 2.24) is 29.4 Å². The van der Waals surface area contributed by atoms with Crippen LogP contribution in [0, 0.1) is 0 Å². The normalized spacial score (nSPS) is 13.5. The molecule has 0 bridgehead atoms. The predicted molar refractivity (Wildman–Crippen MR) is 108 cm³/mol. The molecule has 30 heavy (non-hydrogen) atoms. The molecule has 0 aliphatic heterocycles. The quantitative estimate of drug-likeness (QED) is 0.493. The summed E-state index contributed by atoms with van der Waals surface area (Å²) in [6.07, 6.45) is 3.78. The Morgan fingerprint density at radius 2 is 2.07 bits per heavy atom. The average molecular weight is 411 g/mol. The van der Waals surface area contributed by atoms with Gasteiger partial charge < -0.3 is 16.0 Å². The van der Waals surface area contributed by atoms with Crippen LogP contribution in [0.15, 0.2) is 27.9 Å². The lowest BCUT2D eigenvalue weighted by molar-refractivity contribution is -0.117. The maximum atomic E-state index is 12.9. The first kappa shape index (κ1) is 19.6. The minimum Gasteiger partial charge on any atom is -0.368 e. The molecule has 3 heterocycles. The van der Waals surface area contributed by atoms with Crippen molar-refractivity contribution >= 4 is 23.0 Å². The summed E-state index contributed by atoms with van der Waals surface area (Å²) in [6, 6.07) is 3.04. The van der Waals surface area contributed by atoms with Crippen molar-refractivity contribution in [1.29, 1.82) is 0 Å². The smallest absolute Gasteiger partial charge is 0.333 e. The van der Waals surface area contributed by atoms with E-state index in [1.165, 1.54) is 21.4 Å². The van der Waals surface area contributed by atoms with Crippen LogP contribution in [0.2, 0.25) is 0 Å². The number of aryl methyl sites for hydroxylation is 1. The minimum atomic E-state index is -0.655. The van der Waals surface area contributed by atoms with Crippen LogP contribution in [0.1, 0.15) is 42.7 Å². The molecule has 1 fully saturated rings. The molecule has 3 aromatic rings. The number of aromatic nitrogens is 5. The molecule has 4 N–H and O–H groups in total. The summed E-state index contributed by atoms with van der Waals surface area (Å²) in [5.74, 6) is -0.817. The zero-order valence-corrected chi connectivity index (χ0v) is 16.3. The second kappa shape index (κ2) is 7.58. The molecule has 11 heteroatoms. The molecule has 11 nitrogen and oxygen atoms in total. The SMILES string of the molecule is CCCn1c(=O)n(C2CC2)c(=O)c2[nH]c(-c3ccc(C(=O)NCC(N)=O)nc3)nc21. The predicted octanol–water partition coefficient (Wildman–Crippen LogP) is -0.0917. The highest BCUT2D eigenvalue weighted by Crippen LogP contribution is 2.32. The molecule has 1 saturated carbocycles. The summed E-state index contributed by atoms with van der Waals surface area (Å²) < 4.78 is 2.83. The summed E-state index contributed by atoms with van der Waals surface area (Å²) in [5.41, 5.74) is 5.53. The van der Waals surface area contributed by atoms with Gasteiger partial charge in [0.2, 0.25) is 5.91 Å². The van der Waals surface area contributed by atoms with Crippen LogP contribution in [0.3, 0.4) is 0 Å². The summed E-state index contributed by atoms with van der Waals surface area (Å²) in [5, 5.41) is 2.36. The van der Waals surface area contributed by atoms with E-state index in [-0.39, 0.29) is 35.0 Å². The lowest BCUT2D eigenvalue weighted by Gasteiger charge is -2.09. The van der Waals surface area contributed by atoms with Gasteiger partial charge in [0.25, 0.3) is 11.5 Å². The molecule has 0 atom stereocenters. The maximum Gasteiger partial charge on any atom is 0.333 e. The maximum absolute atomic E-state index is 12.9. The third-order valence-corrected chi connectivity index (χ3v) is 4.86. The van der Waals surface area contributed by atoms with Crippen LogP contribution in [0.4, 0.5) is 0 Å². The first-order valence-electron chi connectivity index (χ1n) is 9.68. The highest BCUT2D eigenvalue weighted by Gasteiger charge is 2.29. The Balaban J connectivity index is 1.73. The molecule has 1 aliphatic rings. The van der Waals surface area contributed by atoms with E-state index in [4.69, 9.17) is 5.73 Å². The molecular weight excluding hydrogens is 390 g/mol. The Morgan fingerprint density at radius 1 is 1.30 bits per heavy atom. The van der Waals surface area contributed by atoms with Crippen LogP contribution < -0.4 is 22.3 Å². The van der Waals surface area contributed by atoms with Crippen LogP contribution in [-0.2, 0) is 11.3 Å². The van der Waals surface area contributed by atoms with E-state index in [1.54, 1.807) is 6.07 Å². The van der Waals surface area contributed by atoms with Gasteiger partial charge in [0, 0.05) is 24.3 Å². The van der Waals surface area contributed by atoms with Gasteiger partial charge >= 0.3 is 5.69 Å². The fraction of sp³-hybridized carbons (Fsp3) is 0.368. The Labute approximate surface area is 169 Å². The largest absolute Gasteiger partial charge is 0.368 e. The summed E-state index contributed by atoms with van der Waals surface area (Å²) >= 11 is 0. The van der Waals surface area contributed by atoms with Crippen molar-refractivity contribution < 1.29 is 9.59 Å². The number of nitrogens with one attached hydrogen (secondary N) is 2. The number of rotatable bonds is 7. The zero-order valence-electron chi connectivity index (χ0n) is 16.3. The molecule has 1 aliphatic carbocycles. The van der Waals surface area contributed by atoms with E-state index < -0.39 is 11.8 Å². The van der Waals surface area contributed by atoms with Crippen molar-refractivity contribution in [2.75, 3.05) is 6.54 Å². The Morgan fingerprint density at radius 3 is 2.67 bits per heavy atom. The van der Waals surface area contributed by atoms with Crippen molar-refractivity contribution in [3.05, 3.63) is 44.9 Å². The van der Waals surface area contributed by atoms with Gasteiger partial charge in [-0.3, -0.25) is 28.5 Å². The molecule has 3 aromatic heterocycles.